The Balaban J connectivity index is 1.70. The molecule has 2 heterocycles. The van der Waals surface area contributed by atoms with Crippen LogP contribution in [0.1, 0.15) is 5.69 Å². The number of pyridine rings is 1. The number of carbonyl (C=O) groups excluding carboxylic acids is 1. The summed E-state index contributed by atoms with van der Waals surface area (Å²) in [4.78, 5) is 15.7. The second-order valence-corrected chi connectivity index (χ2v) is 4.03. The van der Waals surface area contributed by atoms with Crippen LogP contribution < -0.4 is 10.6 Å². The van der Waals surface area contributed by atoms with Gasteiger partial charge in [0, 0.05) is 31.0 Å². The van der Waals surface area contributed by atoms with Gasteiger partial charge in [-0.15, -0.1) is 0 Å². The van der Waals surface area contributed by atoms with Crippen LogP contribution in [0.4, 0.5) is 0 Å². The normalized spacial score (nSPS) is 19.9. The zero-order valence-corrected chi connectivity index (χ0v) is 9.69. The van der Waals surface area contributed by atoms with Crippen LogP contribution in [0.3, 0.4) is 0 Å². The number of hydrogen-bond donors (Lipinski definition) is 2. The first-order valence-electron chi connectivity index (χ1n) is 5.82. The van der Waals surface area contributed by atoms with Gasteiger partial charge in [-0.05, 0) is 12.1 Å². The molecule has 1 aromatic heterocycles. The van der Waals surface area contributed by atoms with Gasteiger partial charge >= 0.3 is 0 Å². The third kappa shape index (κ3) is 4.13. The first kappa shape index (κ1) is 12.0. The molecule has 1 atom stereocenters. The lowest BCUT2D eigenvalue weighted by Crippen LogP contribution is -2.48. The molecule has 0 spiro atoms. The summed E-state index contributed by atoms with van der Waals surface area (Å²) in [5.41, 5.74) is 0.790. The van der Waals surface area contributed by atoms with Crippen molar-refractivity contribution < 1.29 is 9.53 Å². The molecule has 2 N–H and O–H groups in total. The molecule has 0 aromatic carbocycles. The van der Waals surface area contributed by atoms with Crippen LogP contribution in [-0.4, -0.2) is 43.2 Å². The Hall–Kier alpha value is -1.46. The van der Waals surface area contributed by atoms with Gasteiger partial charge in [0.05, 0.1) is 19.6 Å². The summed E-state index contributed by atoms with van der Waals surface area (Å²) in [5, 5.41) is 6.16. The third-order valence-electron chi connectivity index (χ3n) is 2.61. The Bertz CT molecular complexity index is 350. The van der Waals surface area contributed by atoms with Crippen LogP contribution in [0.25, 0.3) is 0 Å². The zero-order chi connectivity index (χ0) is 11.9. The van der Waals surface area contributed by atoms with Crippen molar-refractivity contribution in [3.05, 3.63) is 30.1 Å². The van der Waals surface area contributed by atoms with Crippen molar-refractivity contribution in [2.24, 2.45) is 0 Å². The topological polar surface area (TPSA) is 63.2 Å². The third-order valence-corrected chi connectivity index (χ3v) is 2.61. The minimum absolute atomic E-state index is 0.00364. The molecule has 1 aliphatic heterocycles. The molecule has 1 unspecified atom stereocenters. The van der Waals surface area contributed by atoms with E-state index in [1.165, 1.54) is 0 Å². The molecule has 0 aliphatic carbocycles. The largest absolute Gasteiger partial charge is 0.378 e. The fourth-order valence-electron chi connectivity index (χ4n) is 1.72. The maximum Gasteiger partial charge on any atom is 0.226 e. The van der Waals surface area contributed by atoms with Gasteiger partial charge in [-0.1, -0.05) is 6.07 Å². The molecule has 17 heavy (non-hydrogen) atoms. The van der Waals surface area contributed by atoms with E-state index < -0.39 is 0 Å². The molecule has 1 aliphatic rings. The quantitative estimate of drug-likeness (QED) is 0.754. The van der Waals surface area contributed by atoms with Crippen LogP contribution >= 0.6 is 0 Å². The molecular formula is C12H17N3O2. The van der Waals surface area contributed by atoms with E-state index in [0.29, 0.717) is 19.6 Å². The second kappa shape index (κ2) is 6.32. The summed E-state index contributed by atoms with van der Waals surface area (Å²) < 4.78 is 5.31. The Kier molecular flexibility index (Phi) is 4.46. The van der Waals surface area contributed by atoms with E-state index in [0.717, 1.165) is 18.8 Å². The SMILES string of the molecule is O=C(Cc1ccccn1)NCC1COCCN1. The Labute approximate surface area is 101 Å². The predicted molar refractivity (Wildman–Crippen MR) is 63.6 cm³/mol. The zero-order valence-electron chi connectivity index (χ0n) is 9.69. The molecule has 1 saturated heterocycles. The first-order valence-corrected chi connectivity index (χ1v) is 5.82. The smallest absolute Gasteiger partial charge is 0.226 e. The van der Waals surface area contributed by atoms with E-state index in [4.69, 9.17) is 4.74 Å². The number of ether oxygens (including phenoxy) is 1. The maximum atomic E-state index is 11.6. The number of nitrogens with one attached hydrogen (secondary N) is 2. The monoisotopic (exact) mass is 235 g/mol. The van der Waals surface area contributed by atoms with E-state index in [-0.39, 0.29) is 11.9 Å². The molecule has 1 aromatic rings. The molecule has 1 amide bonds. The van der Waals surface area contributed by atoms with Crippen LogP contribution in [0.2, 0.25) is 0 Å². The molecule has 5 heteroatoms. The van der Waals surface area contributed by atoms with Gasteiger partial charge in [0.1, 0.15) is 0 Å². The molecule has 0 radical (unpaired) electrons. The number of amides is 1. The summed E-state index contributed by atoms with van der Waals surface area (Å²) in [6.07, 6.45) is 2.02. The fourth-order valence-corrected chi connectivity index (χ4v) is 1.72. The van der Waals surface area contributed by atoms with Gasteiger partial charge in [0.2, 0.25) is 5.91 Å². The van der Waals surface area contributed by atoms with Crippen molar-refractivity contribution >= 4 is 5.91 Å². The highest BCUT2D eigenvalue weighted by Crippen LogP contribution is 1.95. The first-order chi connectivity index (χ1) is 8.34. The van der Waals surface area contributed by atoms with E-state index in [2.05, 4.69) is 15.6 Å². The summed E-state index contributed by atoms with van der Waals surface area (Å²) >= 11 is 0. The number of nitrogens with zero attached hydrogens (tertiary/aromatic N) is 1. The van der Waals surface area contributed by atoms with Crippen molar-refractivity contribution in [3.8, 4) is 0 Å². The van der Waals surface area contributed by atoms with Gasteiger partial charge in [-0.3, -0.25) is 9.78 Å². The predicted octanol–water partition coefficient (Wildman–Crippen LogP) is -0.271. The summed E-state index contributed by atoms with van der Waals surface area (Å²) in [7, 11) is 0. The van der Waals surface area contributed by atoms with Gasteiger partial charge in [0.15, 0.2) is 0 Å². The average Bonchev–Trinajstić information content (AvgIpc) is 2.39. The second-order valence-electron chi connectivity index (χ2n) is 4.03. The molecule has 1 fully saturated rings. The number of rotatable bonds is 4. The highest BCUT2D eigenvalue weighted by atomic mass is 16.5. The minimum atomic E-state index is -0.00364. The van der Waals surface area contributed by atoms with Crippen molar-refractivity contribution in [2.75, 3.05) is 26.3 Å². The Morgan fingerprint density at radius 2 is 2.53 bits per heavy atom. The lowest BCUT2D eigenvalue weighted by atomic mass is 10.2. The van der Waals surface area contributed by atoms with Gasteiger partial charge < -0.3 is 15.4 Å². The van der Waals surface area contributed by atoms with Gasteiger partial charge in [-0.2, -0.15) is 0 Å². The molecule has 0 bridgehead atoms. The Morgan fingerprint density at radius 1 is 1.59 bits per heavy atom. The molecule has 92 valence electrons. The lowest BCUT2D eigenvalue weighted by molar-refractivity contribution is -0.120. The van der Waals surface area contributed by atoms with Gasteiger partial charge in [-0.25, -0.2) is 0 Å². The Morgan fingerprint density at radius 3 is 3.24 bits per heavy atom. The maximum absolute atomic E-state index is 11.6. The molecular weight excluding hydrogens is 218 g/mol. The van der Waals surface area contributed by atoms with E-state index >= 15 is 0 Å². The van der Waals surface area contributed by atoms with E-state index in [1.54, 1.807) is 6.20 Å². The molecule has 0 saturated carbocycles. The number of hydrogen-bond acceptors (Lipinski definition) is 4. The highest BCUT2D eigenvalue weighted by molar-refractivity contribution is 5.78. The molecule has 5 nitrogen and oxygen atoms in total. The summed E-state index contributed by atoms with van der Waals surface area (Å²) in [6.45, 7) is 2.86. The highest BCUT2D eigenvalue weighted by Gasteiger charge is 2.13. The number of morpholine rings is 1. The van der Waals surface area contributed by atoms with Crippen molar-refractivity contribution in [2.45, 2.75) is 12.5 Å². The van der Waals surface area contributed by atoms with Crippen molar-refractivity contribution in [1.29, 1.82) is 0 Å². The number of carbonyl (C=O) groups is 1. The average molecular weight is 235 g/mol. The van der Waals surface area contributed by atoms with Crippen molar-refractivity contribution in [1.82, 2.24) is 15.6 Å². The van der Waals surface area contributed by atoms with Crippen LogP contribution in [0.5, 0.6) is 0 Å². The summed E-state index contributed by atoms with van der Waals surface area (Å²) in [6, 6.07) is 5.79. The lowest BCUT2D eigenvalue weighted by Gasteiger charge is -2.23. The van der Waals surface area contributed by atoms with Crippen molar-refractivity contribution in [3.63, 3.8) is 0 Å². The molecule has 2 rings (SSSR count). The minimum Gasteiger partial charge on any atom is -0.378 e. The van der Waals surface area contributed by atoms with Crippen LogP contribution in [0.15, 0.2) is 24.4 Å². The number of aromatic nitrogens is 1. The van der Waals surface area contributed by atoms with Gasteiger partial charge in [0.25, 0.3) is 0 Å². The van der Waals surface area contributed by atoms with Crippen LogP contribution in [0, 0.1) is 0 Å². The van der Waals surface area contributed by atoms with Crippen LogP contribution in [-0.2, 0) is 16.0 Å². The standard InChI is InChI=1S/C12H17N3O2/c16-12(7-10-3-1-2-4-13-10)15-8-11-9-17-6-5-14-11/h1-4,11,14H,5-9H2,(H,15,16). The fraction of sp³-hybridized carbons (Fsp3) is 0.500. The summed E-state index contributed by atoms with van der Waals surface area (Å²) in [5.74, 6) is -0.00364. The van der Waals surface area contributed by atoms with E-state index in [9.17, 15) is 4.79 Å². The van der Waals surface area contributed by atoms with E-state index in [1.807, 2.05) is 18.2 Å².